The van der Waals surface area contributed by atoms with Crippen LogP contribution in [0.4, 0.5) is 0 Å². The Balaban J connectivity index is 3.43. The average molecular weight is 158 g/mol. The molecule has 1 amide bonds. The second-order valence-electron chi connectivity index (χ2n) is 1.68. The van der Waals surface area contributed by atoms with Gasteiger partial charge >= 0.3 is 0 Å². The van der Waals surface area contributed by atoms with Crippen LogP contribution in [0.5, 0.6) is 0 Å². The van der Waals surface area contributed by atoms with Gasteiger partial charge in [0.05, 0.1) is 0 Å². The summed E-state index contributed by atoms with van der Waals surface area (Å²) < 4.78 is 0. The molecule has 56 valence electrons. The second-order valence-corrected chi connectivity index (χ2v) is 2.09. The SMILES string of the molecule is C=CCNC(=S)NC(C)=O. The van der Waals surface area contributed by atoms with Gasteiger partial charge in [0.15, 0.2) is 5.11 Å². The van der Waals surface area contributed by atoms with Gasteiger partial charge in [-0.3, -0.25) is 4.79 Å². The minimum atomic E-state index is -0.165. The fourth-order valence-corrected chi connectivity index (χ4v) is 0.596. The van der Waals surface area contributed by atoms with E-state index in [0.29, 0.717) is 11.7 Å². The first-order valence-electron chi connectivity index (χ1n) is 2.83. The summed E-state index contributed by atoms with van der Waals surface area (Å²) in [5.74, 6) is -0.165. The molecule has 0 aliphatic carbocycles. The fourth-order valence-electron chi connectivity index (χ4n) is 0.369. The van der Waals surface area contributed by atoms with Gasteiger partial charge in [-0.1, -0.05) is 6.08 Å². The number of hydrogen-bond donors (Lipinski definition) is 2. The topological polar surface area (TPSA) is 41.1 Å². The van der Waals surface area contributed by atoms with Crippen molar-refractivity contribution in [1.29, 1.82) is 0 Å². The highest BCUT2D eigenvalue weighted by atomic mass is 32.1. The quantitative estimate of drug-likeness (QED) is 0.445. The van der Waals surface area contributed by atoms with Crippen LogP contribution in [0.3, 0.4) is 0 Å². The van der Waals surface area contributed by atoms with Gasteiger partial charge in [-0.25, -0.2) is 0 Å². The van der Waals surface area contributed by atoms with Crippen LogP contribution in [0.2, 0.25) is 0 Å². The highest BCUT2D eigenvalue weighted by molar-refractivity contribution is 7.80. The molecule has 0 aliphatic heterocycles. The van der Waals surface area contributed by atoms with E-state index in [9.17, 15) is 4.79 Å². The molecule has 0 heterocycles. The normalized spacial score (nSPS) is 8.10. The average Bonchev–Trinajstić information content (AvgIpc) is 1.82. The molecule has 0 fully saturated rings. The van der Waals surface area contributed by atoms with E-state index in [1.165, 1.54) is 6.92 Å². The van der Waals surface area contributed by atoms with E-state index in [-0.39, 0.29) is 5.91 Å². The summed E-state index contributed by atoms with van der Waals surface area (Å²) in [6.45, 7) is 5.45. The lowest BCUT2D eigenvalue weighted by Crippen LogP contribution is -2.37. The van der Waals surface area contributed by atoms with E-state index in [2.05, 4.69) is 17.2 Å². The number of hydrogen-bond acceptors (Lipinski definition) is 2. The Kier molecular flexibility index (Phi) is 4.49. The molecule has 0 saturated carbocycles. The predicted molar refractivity (Wildman–Crippen MR) is 44.6 cm³/mol. The number of rotatable bonds is 2. The van der Waals surface area contributed by atoms with Crippen LogP contribution in [0.25, 0.3) is 0 Å². The molecule has 0 spiro atoms. The molecule has 0 saturated heterocycles. The molecule has 0 rings (SSSR count). The third kappa shape index (κ3) is 5.24. The second kappa shape index (κ2) is 4.93. The van der Waals surface area contributed by atoms with Crippen molar-refractivity contribution in [3.05, 3.63) is 12.7 Å². The molecule has 0 aromatic carbocycles. The predicted octanol–water partition coefficient (Wildman–Crippen LogP) is 0.183. The van der Waals surface area contributed by atoms with Crippen molar-refractivity contribution in [3.63, 3.8) is 0 Å². The van der Waals surface area contributed by atoms with Crippen LogP contribution in [0.1, 0.15) is 6.92 Å². The van der Waals surface area contributed by atoms with Crippen LogP contribution in [0.15, 0.2) is 12.7 Å². The molecular formula is C6H10N2OS. The zero-order valence-electron chi connectivity index (χ0n) is 5.81. The fraction of sp³-hybridized carbons (Fsp3) is 0.333. The van der Waals surface area contributed by atoms with Crippen molar-refractivity contribution in [2.45, 2.75) is 6.92 Å². The van der Waals surface area contributed by atoms with Gasteiger partial charge in [-0.15, -0.1) is 6.58 Å². The zero-order valence-corrected chi connectivity index (χ0v) is 6.62. The van der Waals surface area contributed by atoms with Gasteiger partial charge in [-0.05, 0) is 12.2 Å². The third-order valence-corrected chi connectivity index (χ3v) is 0.943. The van der Waals surface area contributed by atoms with E-state index in [1.54, 1.807) is 6.08 Å². The highest BCUT2D eigenvalue weighted by Gasteiger charge is 1.93. The highest BCUT2D eigenvalue weighted by Crippen LogP contribution is 1.67. The van der Waals surface area contributed by atoms with Gasteiger partial charge in [0.2, 0.25) is 5.91 Å². The molecule has 10 heavy (non-hydrogen) atoms. The molecule has 0 aliphatic rings. The summed E-state index contributed by atoms with van der Waals surface area (Å²) in [5.41, 5.74) is 0. The summed E-state index contributed by atoms with van der Waals surface area (Å²) in [6, 6.07) is 0. The molecule has 3 nitrogen and oxygen atoms in total. The molecule has 0 aromatic rings. The first-order chi connectivity index (χ1) is 4.66. The summed E-state index contributed by atoms with van der Waals surface area (Å²) in [4.78, 5) is 10.4. The Bertz CT molecular complexity index is 156. The minimum Gasteiger partial charge on any atom is -0.359 e. The molecule has 2 N–H and O–H groups in total. The smallest absolute Gasteiger partial charge is 0.222 e. The Morgan fingerprint density at radius 3 is 2.80 bits per heavy atom. The first-order valence-corrected chi connectivity index (χ1v) is 3.24. The van der Waals surface area contributed by atoms with E-state index < -0.39 is 0 Å². The molecule has 0 aromatic heterocycles. The van der Waals surface area contributed by atoms with Crippen molar-refractivity contribution in [2.75, 3.05) is 6.54 Å². The number of carbonyl (C=O) groups is 1. The van der Waals surface area contributed by atoms with Crippen LogP contribution >= 0.6 is 12.2 Å². The van der Waals surface area contributed by atoms with Gasteiger partial charge in [0.1, 0.15) is 0 Å². The molecule has 0 atom stereocenters. The summed E-state index contributed by atoms with van der Waals surface area (Å²) in [7, 11) is 0. The summed E-state index contributed by atoms with van der Waals surface area (Å²) in [5, 5.41) is 5.50. The maximum atomic E-state index is 10.4. The molecule has 0 bridgehead atoms. The van der Waals surface area contributed by atoms with Crippen molar-refractivity contribution in [3.8, 4) is 0 Å². The number of nitrogens with one attached hydrogen (secondary N) is 2. The summed E-state index contributed by atoms with van der Waals surface area (Å²) in [6.07, 6.45) is 1.66. The van der Waals surface area contributed by atoms with Gasteiger partial charge in [-0.2, -0.15) is 0 Å². The third-order valence-electron chi connectivity index (χ3n) is 0.697. The molecule has 4 heteroatoms. The minimum absolute atomic E-state index is 0.165. The maximum absolute atomic E-state index is 10.4. The number of amides is 1. The lowest BCUT2D eigenvalue weighted by Gasteiger charge is -2.03. The Labute approximate surface area is 65.5 Å². The number of carbonyl (C=O) groups excluding carboxylic acids is 1. The zero-order chi connectivity index (χ0) is 7.98. The monoisotopic (exact) mass is 158 g/mol. The van der Waals surface area contributed by atoms with Crippen molar-refractivity contribution >= 4 is 23.2 Å². The van der Waals surface area contributed by atoms with Crippen molar-refractivity contribution in [2.24, 2.45) is 0 Å². The van der Waals surface area contributed by atoms with Crippen LogP contribution in [-0.2, 0) is 4.79 Å². The Morgan fingerprint density at radius 2 is 2.40 bits per heavy atom. The van der Waals surface area contributed by atoms with Gasteiger partial charge < -0.3 is 10.6 Å². The molecule has 0 unspecified atom stereocenters. The van der Waals surface area contributed by atoms with Gasteiger partial charge in [0.25, 0.3) is 0 Å². The van der Waals surface area contributed by atoms with Crippen molar-refractivity contribution in [1.82, 2.24) is 10.6 Å². The number of thiocarbonyl (C=S) groups is 1. The van der Waals surface area contributed by atoms with Gasteiger partial charge in [0, 0.05) is 13.5 Å². The van der Waals surface area contributed by atoms with E-state index >= 15 is 0 Å². The lowest BCUT2D eigenvalue weighted by molar-refractivity contribution is -0.117. The van der Waals surface area contributed by atoms with Crippen LogP contribution in [0, 0.1) is 0 Å². The Morgan fingerprint density at radius 1 is 1.80 bits per heavy atom. The van der Waals surface area contributed by atoms with Crippen LogP contribution < -0.4 is 10.6 Å². The van der Waals surface area contributed by atoms with Crippen molar-refractivity contribution < 1.29 is 4.79 Å². The standard InChI is InChI=1S/C6H10N2OS/c1-3-4-7-6(10)8-5(2)9/h3H,1,4H2,2H3,(H2,7,8,9,10). The Hall–Kier alpha value is -0.900. The first kappa shape index (κ1) is 9.10. The lowest BCUT2D eigenvalue weighted by atomic mass is 10.6. The van der Waals surface area contributed by atoms with Crippen LogP contribution in [-0.4, -0.2) is 17.6 Å². The van der Waals surface area contributed by atoms with E-state index in [0.717, 1.165) is 0 Å². The van der Waals surface area contributed by atoms with E-state index in [1.807, 2.05) is 0 Å². The maximum Gasteiger partial charge on any atom is 0.222 e. The molecule has 0 radical (unpaired) electrons. The molecular weight excluding hydrogens is 148 g/mol. The summed E-state index contributed by atoms with van der Waals surface area (Å²) >= 11 is 4.70. The largest absolute Gasteiger partial charge is 0.359 e. The van der Waals surface area contributed by atoms with E-state index in [4.69, 9.17) is 12.2 Å².